The fourth-order valence-electron chi connectivity index (χ4n) is 2.25. The molecular formula is C13H18N2O2. The average molecular weight is 234 g/mol. The van der Waals surface area contributed by atoms with Crippen molar-refractivity contribution in [1.82, 2.24) is 4.57 Å². The lowest BCUT2D eigenvalue weighted by atomic mass is 10.1. The van der Waals surface area contributed by atoms with Crippen molar-refractivity contribution >= 4 is 11.7 Å². The summed E-state index contributed by atoms with van der Waals surface area (Å²) in [5.74, 6) is -0.288. The standard InChI is InChI=1S/C13H18N2O2/c1-9(13(14)17)6-15-7-10-4-2-3-5-12(16)11(10)8-15/h7-9H,2-6H2,1H3,(H2,14,17). The second kappa shape index (κ2) is 4.73. The highest BCUT2D eigenvalue weighted by atomic mass is 16.1. The number of aryl methyl sites for hydroxylation is 1. The van der Waals surface area contributed by atoms with E-state index in [1.54, 1.807) is 6.92 Å². The number of hydrogen-bond acceptors (Lipinski definition) is 2. The minimum Gasteiger partial charge on any atom is -0.369 e. The van der Waals surface area contributed by atoms with Gasteiger partial charge in [0.25, 0.3) is 0 Å². The van der Waals surface area contributed by atoms with Crippen molar-refractivity contribution in [3.05, 3.63) is 23.5 Å². The molecular weight excluding hydrogens is 216 g/mol. The number of nitrogens with zero attached hydrogens (tertiary/aromatic N) is 1. The number of carbonyl (C=O) groups is 2. The van der Waals surface area contributed by atoms with Crippen molar-refractivity contribution in [2.24, 2.45) is 11.7 Å². The Morgan fingerprint density at radius 2 is 2.12 bits per heavy atom. The molecule has 1 aromatic rings. The molecule has 1 atom stereocenters. The van der Waals surface area contributed by atoms with E-state index in [1.807, 2.05) is 17.0 Å². The molecule has 0 aliphatic heterocycles. The van der Waals surface area contributed by atoms with Crippen LogP contribution in [0.25, 0.3) is 0 Å². The fourth-order valence-corrected chi connectivity index (χ4v) is 2.25. The molecule has 92 valence electrons. The van der Waals surface area contributed by atoms with Gasteiger partial charge >= 0.3 is 0 Å². The molecule has 0 saturated heterocycles. The van der Waals surface area contributed by atoms with Crippen molar-refractivity contribution in [2.75, 3.05) is 0 Å². The number of hydrogen-bond donors (Lipinski definition) is 1. The maximum Gasteiger partial charge on any atom is 0.222 e. The number of fused-ring (bicyclic) bond motifs is 1. The van der Waals surface area contributed by atoms with E-state index in [2.05, 4.69) is 0 Å². The molecule has 0 bridgehead atoms. The second-order valence-corrected chi connectivity index (χ2v) is 4.83. The van der Waals surface area contributed by atoms with Crippen molar-refractivity contribution in [2.45, 2.75) is 39.2 Å². The van der Waals surface area contributed by atoms with Gasteiger partial charge in [0.2, 0.25) is 5.91 Å². The molecule has 0 fully saturated rings. The van der Waals surface area contributed by atoms with Crippen LogP contribution in [0.5, 0.6) is 0 Å². The third-order valence-corrected chi connectivity index (χ3v) is 3.33. The number of ketones is 1. The summed E-state index contributed by atoms with van der Waals surface area (Å²) in [6, 6.07) is 0. The maximum atomic E-state index is 11.8. The lowest BCUT2D eigenvalue weighted by molar-refractivity contribution is -0.121. The molecule has 1 amide bonds. The lowest BCUT2D eigenvalue weighted by Crippen LogP contribution is -2.24. The molecule has 4 nitrogen and oxygen atoms in total. The Hall–Kier alpha value is -1.58. The van der Waals surface area contributed by atoms with Crippen LogP contribution in [-0.4, -0.2) is 16.3 Å². The largest absolute Gasteiger partial charge is 0.369 e. The maximum absolute atomic E-state index is 11.8. The highest BCUT2D eigenvalue weighted by Crippen LogP contribution is 2.22. The Balaban J connectivity index is 2.19. The minimum absolute atomic E-state index is 0.207. The zero-order valence-corrected chi connectivity index (χ0v) is 10.1. The first kappa shape index (κ1) is 11.9. The molecule has 2 N–H and O–H groups in total. The zero-order chi connectivity index (χ0) is 12.4. The highest BCUT2D eigenvalue weighted by molar-refractivity contribution is 5.97. The summed E-state index contributed by atoms with van der Waals surface area (Å²) in [4.78, 5) is 22.8. The molecule has 1 aromatic heterocycles. The van der Waals surface area contributed by atoms with Gasteiger partial charge in [-0.3, -0.25) is 9.59 Å². The molecule has 1 unspecified atom stereocenters. The Bertz CT molecular complexity index is 448. The van der Waals surface area contributed by atoms with Crippen LogP contribution in [0.4, 0.5) is 0 Å². The van der Waals surface area contributed by atoms with E-state index in [-0.39, 0.29) is 17.6 Å². The van der Waals surface area contributed by atoms with Gasteiger partial charge < -0.3 is 10.3 Å². The molecule has 0 saturated carbocycles. The SMILES string of the molecule is CC(Cn1cc2c(c1)C(=O)CCCC2)C(N)=O. The minimum atomic E-state index is -0.305. The van der Waals surface area contributed by atoms with Gasteiger partial charge in [-0.05, 0) is 24.8 Å². The van der Waals surface area contributed by atoms with Crippen LogP contribution < -0.4 is 5.73 Å². The molecule has 1 aliphatic carbocycles. The first-order valence-corrected chi connectivity index (χ1v) is 6.09. The Morgan fingerprint density at radius 3 is 2.82 bits per heavy atom. The summed E-state index contributed by atoms with van der Waals surface area (Å²) in [6.45, 7) is 2.35. The van der Waals surface area contributed by atoms with E-state index in [9.17, 15) is 9.59 Å². The highest BCUT2D eigenvalue weighted by Gasteiger charge is 2.18. The zero-order valence-electron chi connectivity index (χ0n) is 10.1. The summed E-state index contributed by atoms with van der Waals surface area (Å²) in [5.41, 5.74) is 7.19. The predicted molar refractivity (Wildman–Crippen MR) is 64.7 cm³/mol. The van der Waals surface area contributed by atoms with Gasteiger partial charge in [-0.1, -0.05) is 6.92 Å². The molecule has 1 heterocycles. The Morgan fingerprint density at radius 1 is 1.41 bits per heavy atom. The van der Waals surface area contributed by atoms with E-state index in [1.165, 1.54) is 0 Å². The molecule has 0 radical (unpaired) electrons. The number of rotatable bonds is 3. The van der Waals surface area contributed by atoms with Crippen molar-refractivity contribution in [3.8, 4) is 0 Å². The van der Waals surface area contributed by atoms with E-state index >= 15 is 0 Å². The van der Waals surface area contributed by atoms with Crippen LogP contribution in [0.2, 0.25) is 0 Å². The number of nitrogens with two attached hydrogens (primary N) is 1. The van der Waals surface area contributed by atoms with Gasteiger partial charge in [0.15, 0.2) is 5.78 Å². The molecule has 17 heavy (non-hydrogen) atoms. The lowest BCUT2D eigenvalue weighted by Gasteiger charge is -2.07. The topological polar surface area (TPSA) is 65.1 Å². The van der Waals surface area contributed by atoms with Crippen LogP contribution in [0.3, 0.4) is 0 Å². The third-order valence-electron chi connectivity index (χ3n) is 3.33. The first-order valence-electron chi connectivity index (χ1n) is 6.09. The monoisotopic (exact) mass is 234 g/mol. The molecule has 2 rings (SSSR count). The van der Waals surface area contributed by atoms with Crippen LogP contribution >= 0.6 is 0 Å². The summed E-state index contributed by atoms with van der Waals surface area (Å²) >= 11 is 0. The van der Waals surface area contributed by atoms with E-state index in [0.29, 0.717) is 13.0 Å². The number of Topliss-reactive ketones (excluding diaryl/α,β-unsaturated/α-hetero) is 1. The Kier molecular flexibility index (Phi) is 3.31. The fraction of sp³-hybridized carbons (Fsp3) is 0.538. The van der Waals surface area contributed by atoms with Crippen LogP contribution in [0.1, 0.15) is 42.1 Å². The van der Waals surface area contributed by atoms with Crippen LogP contribution in [0, 0.1) is 5.92 Å². The number of aromatic nitrogens is 1. The second-order valence-electron chi connectivity index (χ2n) is 4.83. The van der Waals surface area contributed by atoms with Gasteiger partial charge in [0.1, 0.15) is 0 Å². The predicted octanol–water partition coefficient (Wildman–Crippen LogP) is 1.52. The summed E-state index contributed by atoms with van der Waals surface area (Å²) in [7, 11) is 0. The van der Waals surface area contributed by atoms with Gasteiger partial charge in [-0.25, -0.2) is 0 Å². The van der Waals surface area contributed by atoms with Crippen LogP contribution in [-0.2, 0) is 17.8 Å². The molecule has 0 spiro atoms. The Labute approximate surface area is 101 Å². The summed E-state index contributed by atoms with van der Waals surface area (Å²) < 4.78 is 1.92. The number of amides is 1. The number of carbonyl (C=O) groups excluding carboxylic acids is 2. The van der Waals surface area contributed by atoms with Crippen molar-refractivity contribution < 1.29 is 9.59 Å². The quantitative estimate of drug-likeness (QED) is 0.806. The van der Waals surface area contributed by atoms with Crippen molar-refractivity contribution in [1.29, 1.82) is 0 Å². The van der Waals surface area contributed by atoms with Crippen molar-refractivity contribution in [3.63, 3.8) is 0 Å². The summed E-state index contributed by atoms with van der Waals surface area (Å²) in [5, 5.41) is 0. The molecule has 0 aromatic carbocycles. The van der Waals surface area contributed by atoms with Gasteiger partial charge in [0, 0.05) is 30.9 Å². The molecule has 4 heteroatoms. The smallest absolute Gasteiger partial charge is 0.222 e. The van der Waals surface area contributed by atoms with Crippen LogP contribution in [0.15, 0.2) is 12.4 Å². The first-order chi connectivity index (χ1) is 8.08. The van der Waals surface area contributed by atoms with E-state index in [4.69, 9.17) is 5.73 Å². The van der Waals surface area contributed by atoms with Gasteiger partial charge in [-0.2, -0.15) is 0 Å². The normalized spacial score (nSPS) is 17.4. The van der Waals surface area contributed by atoms with E-state index < -0.39 is 0 Å². The van der Waals surface area contributed by atoms with E-state index in [0.717, 1.165) is 30.4 Å². The third kappa shape index (κ3) is 2.57. The summed E-state index contributed by atoms with van der Waals surface area (Å²) in [6.07, 6.45) is 7.49. The van der Waals surface area contributed by atoms with Gasteiger partial charge in [0.05, 0.1) is 5.92 Å². The molecule has 1 aliphatic rings. The average Bonchev–Trinajstić information content (AvgIpc) is 2.59. The number of primary amides is 1. The van der Waals surface area contributed by atoms with Gasteiger partial charge in [-0.15, -0.1) is 0 Å².